The van der Waals surface area contributed by atoms with E-state index in [1.54, 1.807) is 30.1 Å². The van der Waals surface area contributed by atoms with E-state index in [0.29, 0.717) is 18.2 Å². The Kier molecular flexibility index (Phi) is 3.94. The lowest BCUT2D eigenvalue weighted by Crippen LogP contribution is -2.50. The molecule has 1 fully saturated rings. The van der Waals surface area contributed by atoms with E-state index in [1.165, 1.54) is 0 Å². The van der Waals surface area contributed by atoms with Gasteiger partial charge in [-0.1, -0.05) is 0 Å². The second-order valence-corrected chi connectivity index (χ2v) is 5.58. The Morgan fingerprint density at radius 2 is 2.00 bits per heavy atom. The fraction of sp³-hybridized carbons (Fsp3) is 0.438. The number of rotatable bonds is 2. The molecule has 3 rings (SSSR count). The Morgan fingerprint density at radius 3 is 2.73 bits per heavy atom. The summed E-state index contributed by atoms with van der Waals surface area (Å²) in [5, 5.41) is 0. The van der Waals surface area contributed by atoms with Gasteiger partial charge >= 0.3 is 0 Å². The number of ether oxygens (including phenoxy) is 1. The van der Waals surface area contributed by atoms with Crippen molar-refractivity contribution >= 4 is 5.95 Å². The first-order chi connectivity index (χ1) is 10.6. The zero-order valence-corrected chi connectivity index (χ0v) is 13.1. The molecule has 0 unspecified atom stereocenters. The molecule has 0 spiro atoms. The molecule has 1 saturated heterocycles. The lowest BCUT2D eigenvalue weighted by Gasteiger charge is -2.39. The van der Waals surface area contributed by atoms with E-state index in [4.69, 9.17) is 9.72 Å². The Hall–Kier alpha value is -2.21. The molecule has 6 heteroatoms. The molecule has 22 heavy (non-hydrogen) atoms. The van der Waals surface area contributed by atoms with Crippen molar-refractivity contribution in [3.8, 4) is 11.3 Å². The third-order valence-corrected chi connectivity index (χ3v) is 4.23. The molecular weight excluding hydrogens is 280 g/mol. The van der Waals surface area contributed by atoms with Crippen LogP contribution in [-0.2, 0) is 11.8 Å². The van der Waals surface area contributed by atoms with Gasteiger partial charge in [0.25, 0.3) is 5.56 Å². The smallest absolute Gasteiger partial charge is 0.255 e. The minimum Gasteiger partial charge on any atom is -0.375 e. The van der Waals surface area contributed by atoms with Crippen molar-refractivity contribution in [3.63, 3.8) is 0 Å². The van der Waals surface area contributed by atoms with Crippen LogP contribution < -0.4 is 10.5 Å². The third-order valence-electron chi connectivity index (χ3n) is 4.23. The van der Waals surface area contributed by atoms with Crippen molar-refractivity contribution in [1.82, 2.24) is 14.5 Å². The summed E-state index contributed by atoms with van der Waals surface area (Å²) in [5.74, 6) is 0.682. The molecule has 0 amide bonds. The third kappa shape index (κ3) is 2.62. The summed E-state index contributed by atoms with van der Waals surface area (Å²) < 4.78 is 7.26. The maximum absolute atomic E-state index is 12.3. The zero-order chi connectivity index (χ0) is 15.7. The standard InChI is InChI=1S/C16H20N4O2/c1-11-12(2)22-9-8-20(11)16-18-14(10-15(21)19(16)3)13-4-6-17-7-5-13/h4-7,10-12H,8-9H2,1-3H3/t11-,12+/m1/s1. The Bertz CT molecular complexity index is 714. The largest absolute Gasteiger partial charge is 0.375 e. The van der Waals surface area contributed by atoms with E-state index in [9.17, 15) is 4.79 Å². The summed E-state index contributed by atoms with van der Waals surface area (Å²) in [6.07, 6.45) is 3.51. The lowest BCUT2D eigenvalue weighted by atomic mass is 10.1. The van der Waals surface area contributed by atoms with Gasteiger partial charge in [-0.25, -0.2) is 4.98 Å². The molecule has 6 nitrogen and oxygen atoms in total. The summed E-state index contributed by atoms with van der Waals surface area (Å²) in [6.45, 7) is 5.50. The van der Waals surface area contributed by atoms with Crippen molar-refractivity contribution < 1.29 is 4.74 Å². The van der Waals surface area contributed by atoms with Crippen LogP contribution in [0.4, 0.5) is 5.95 Å². The molecular formula is C16H20N4O2. The molecule has 1 aliphatic rings. The molecule has 0 N–H and O–H groups in total. The van der Waals surface area contributed by atoms with E-state index in [2.05, 4.69) is 16.8 Å². The normalized spacial score (nSPS) is 21.9. The lowest BCUT2D eigenvalue weighted by molar-refractivity contribution is 0.0274. The van der Waals surface area contributed by atoms with Gasteiger partial charge in [-0.3, -0.25) is 14.3 Å². The summed E-state index contributed by atoms with van der Waals surface area (Å²) >= 11 is 0. The maximum Gasteiger partial charge on any atom is 0.255 e. The van der Waals surface area contributed by atoms with Gasteiger partial charge in [0.15, 0.2) is 0 Å². The fourth-order valence-corrected chi connectivity index (χ4v) is 2.67. The number of morpholine rings is 1. The van der Waals surface area contributed by atoms with Crippen molar-refractivity contribution in [2.75, 3.05) is 18.1 Å². The average Bonchev–Trinajstić information content (AvgIpc) is 2.54. The first-order valence-electron chi connectivity index (χ1n) is 7.44. The van der Waals surface area contributed by atoms with Gasteiger partial charge in [0.1, 0.15) is 0 Å². The van der Waals surface area contributed by atoms with Crippen molar-refractivity contribution in [2.45, 2.75) is 26.0 Å². The van der Waals surface area contributed by atoms with Gasteiger partial charge in [-0.15, -0.1) is 0 Å². The molecule has 0 saturated carbocycles. The molecule has 0 aromatic carbocycles. The van der Waals surface area contributed by atoms with Crippen LogP contribution in [0.2, 0.25) is 0 Å². The second-order valence-electron chi connectivity index (χ2n) is 5.58. The molecule has 116 valence electrons. The number of hydrogen-bond acceptors (Lipinski definition) is 5. The van der Waals surface area contributed by atoms with Crippen molar-refractivity contribution in [3.05, 3.63) is 40.9 Å². The quantitative estimate of drug-likeness (QED) is 0.840. The van der Waals surface area contributed by atoms with Crippen molar-refractivity contribution in [2.24, 2.45) is 7.05 Å². The zero-order valence-electron chi connectivity index (χ0n) is 13.1. The van der Waals surface area contributed by atoms with Crippen LogP contribution in [0.3, 0.4) is 0 Å². The Labute approximate surface area is 129 Å². The SMILES string of the molecule is C[C@@H]1OCCN(c2nc(-c3ccncc3)cc(=O)n2C)[C@@H]1C. The first kappa shape index (κ1) is 14.7. The molecule has 2 atom stereocenters. The van der Waals surface area contributed by atoms with Crippen LogP contribution in [0, 0.1) is 0 Å². The predicted octanol–water partition coefficient (Wildman–Crippen LogP) is 1.46. The average molecular weight is 300 g/mol. The Balaban J connectivity index is 2.08. The predicted molar refractivity (Wildman–Crippen MR) is 84.9 cm³/mol. The molecule has 2 aromatic heterocycles. The highest BCUT2D eigenvalue weighted by Crippen LogP contribution is 2.22. The van der Waals surface area contributed by atoms with E-state index >= 15 is 0 Å². The van der Waals surface area contributed by atoms with Crippen LogP contribution in [0.15, 0.2) is 35.4 Å². The van der Waals surface area contributed by atoms with Crippen LogP contribution in [0.1, 0.15) is 13.8 Å². The molecule has 0 aliphatic carbocycles. The number of pyridine rings is 1. The van der Waals surface area contributed by atoms with Gasteiger partial charge in [0.05, 0.1) is 24.4 Å². The topological polar surface area (TPSA) is 60.2 Å². The van der Waals surface area contributed by atoms with Crippen molar-refractivity contribution in [1.29, 1.82) is 0 Å². The van der Waals surface area contributed by atoms with E-state index < -0.39 is 0 Å². The highest BCUT2D eigenvalue weighted by atomic mass is 16.5. The number of hydrogen-bond donors (Lipinski definition) is 0. The number of nitrogens with zero attached hydrogens (tertiary/aromatic N) is 4. The van der Waals surface area contributed by atoms with E-state index in [1.807, 2.05) is 19.1 Å². The summed E-state index contributed by atoms with van der Waals surface area (Å²) in [5.41, 5.74) is 1.50. The van der Waals surface area contributed by atoms with Gasteiger partial charge in [0, 0.05) is 37.6 Å². The van der Waals surface area contributed by atoms with Crippen LogP contribution in [0.5, 0.6) is 0 Å². The van der Waals surface area contributed by atoms with Crippen LogP contribution in [-0.4, -0.2) is 39.8 Å². The van der Waals surface area contributed by atoms with Gasteiger partial charge in [0.2, 0.25) is 5.95 Å². The second kappa shape index (κ2) is 5.88. The molecule has 0 radical (unpaired) electrons. The minimum atomic E-state index is -0.0665. The fourth-order valence-electron chi connectivity index (χ4n) is 2.67. The van der Waals surface area contributed by atoms with E-state index in [0.717, 1.165) is 12.1 Å². The molecule has 3 heterocycles. The molecule has 2 aromatic rings. The number of aromatic nitrogens is 3. The Morgan fingerprint density at radius 1 is 1.27 bits per heavy atom. The monoisotopic (exact) mass is 300 g/mol. The van der Waals surface area contributed by atoms with Crippen LogP contribution >= 0.6 is 0 Å². The van der Waals surface area contributed by atoms with Gasteiger partial charge in [-0.2, -0.15) is 0 Å². The summed E-state index contributed by atoms with van der Waals surface area (Å²) in [7, 11) is 1.76. The first-order valence-corrected chi connectivity index (χ1v) is 7.44. The van der Waals surface area contributed by atoms with Crippen LogP contribution in [0.25, 0.3) is 11.3 Å². The highest BCUT2D eigenvalue weighted by molar-refractivity contribution is 5.59. The molecule has 1 aliphatic heterocycles. The van der Waals surface area contributed by atoms with Gasteiger partial charge < -0.3 is 9.64 Å². The van der Waals surface area contributed by atoms with Gasteiger partial charge in [-0.05, 0) is 26.0 Å². The summed E-state index contributed by atoms with van der Waals surface area (Å²) in [6, 6.07) is 5.45. The van der Waals surface area contributed by atoms with E-state index in [-0.39, 0.29) is 17.7 Å². The highest BCUT2D eigenvalue weighted by Gasteiger charge is 2.28. The molecule has 0 bridgehead atoms. The summed E-state index contributed by atoms with van der Waals surface area (Å²) in [4.78, 5) is 23.2. The maximum atomic E-state index is 12.3. The minimum absolute atomic E-state index is 0.0665. The number of anilines is 1.